The maximum atomic E-state index is 11.4. The van der Waals surface area contributed by atoms with Crippen LogP contribution in [0.3, 0.4) is 0 Å². The van der Waals surface area contributed by atoms with Gasteiger partial charge in [0.05, 0.1) is 5.56 Å². The van der Waals surface area contributed by atoms with Gasteiger partial charge >= 0.3 is 5.97 Å². The second kappa shape index (κ2) is 5.12. The van der Waals surface area contributed by atoms with Crippen molar-refractivity contribution < 1.29 is 14.9 Å². The fourth-order valence-electron chi connectivity index (χ4n) is 2.06. The van der Waals surface area contributed by atoms with Gasteiger partial charge in [-0.3, -0.25) is 4.89 Å². The lowest BCUT2D eigenvalue weighted by molar-refractivity contribution is -0.182. The largest absolute Gasteiger partial charge is 0.373 e. The van der Waals surface area contributed by atoms with Crippen LogP contribution < -0.4 is 0 Å². The molecule has 0 heterocycles. The molecular weight excluding hydrogens is 204 g/mol. The Bertz CT molecular complexity index is 369. The van der Waals surface area contributed by atoms with E-state index in [-0.39, 0.29) is 5.41 Å². The first-order valence-corrected chi connectivity index (χ1v) is 5.48. The number of benzene rings is 1. The van der Waals surface area contributed by atoms with Crippen LogP contribution in [-0.4, -0.2) is 11.2 Å². The van der Waals surface area contributed by atoms with Crippen molar-refractivity contribution in [2.24, 2.45) is 0 Å². The zero-order chi connectivity index (χ0) is 12.2. The van der Waals surface area contributed by atoms with Gasteiger partial charge in [-0.25, -0.2) is 4.79 Å². The topological polar surface area (TPSA) is 46.5 Å². The van der Waals surface area contributed by atoms with E-state index in [9.17, 15) is 4.79 Å². The third kappa shape index (κ3) is 2.61. The number of hydrogen-bond donors (Lipinski definition) is 1. The summed E-state index contributed by atoms with van der Waals surface area (Å²) in [6, 6.07) is 7.23. The van der Waals surface area contributed by atoms with Gasteiger partial charge in [0.2, 0.25) is 0 Å². The number of hydrogen-bond acceptors (Lipinski definition) is 3. The second-order valence-corrected chi connectivity index (χ2v) is 4.56. The first-order chi connectivity index (χ1) is 7.53. The zero-order valence-electron chi connectivity index (χ0n) is 9.99. The molecule has 0 amide bonds. The van der Waals surface area contributed by atoms with Crippen LogP contribution in [0.2, 0.25) is 0 Å². The Balaban J connectivity index is 3.17. The highest BCUT2D eigenvalue weighted by atomic mass is 17.1. The molecule has 0 aliphatic heterocycles. The molecule has 0 unspecified atom stereocenters. The van der Waals surface area contributed by atoms with Crippen LogP contribution in [0.15, 0.2) is 24.3 Å². The molecule has 0 radical (unpaired) electrons. The van der Waals surface area contributed by atoms with Gasteiger partial charge in [0, 0.05) is 0 Å². The van der Waals surface area contributed by atoms with Crippen molar-refractivity contribution in [3.63, 3.8) is 0 Å². The van der Waals surface area contributed by atoms with Gasteiger partial charge in [0.1, 0.15) is 0 Å². The number of carbonyl (C=O) groups excluding carboxylic acids is 1. The van der Waals surface area contributed by atoms with Crippen molar-refractivity contribution in [3.05, 3.63) is 35.4 Å². The highest BCUT2D eigenvalue weighted by Gasteiger charge is 2.25. The lowest BCUT2D eigenvalue weighted by Crippen LogP contribution is -2.21. The van der Waals surface area contributed by atoms with Crippen LogP contribution in [0.25, 0.3) is 0 Å². The van der Waals surface area contributed by atoms with Gasteiger partial charge in [-0.05, 0) is 23.5 Å². The Morgan fingerprint density at radius 1 is 1.38 bits per heavy atom. The molecule has 0 spiro atoms. The average molecular weight is 222 g/mol. The molecule has 0 fully saturated rings. The van der Waals surface area contributed by atoms with Crippen molar-refractivity contribution in [2.75, 3.05) is 0 Å². The van der Waals surface area contributed by atoms with Gasteiger partial charge in [-0.1, -0.05) is 45.4 Å². The zero-order valence-corrected chi connectivity index (χ0v) is 9.99. The Hall–Kier alpha value is -1.35. The van der Waals surface area contributed by atoms with E-state index in [2.05, 4.69) is 25.7 Å². The summed E-state index contributed by atoms with van der Waals surface area (Å²) in [4.78, 5) is 15.2. The summed E-state index contributed by atoms with van der Waals surface area (Å²) in [7, 11) is 0. The van der Waals surface area contributed by atoms with E-state index in [0.717, 1.165) is 18.4 Å². The van der Waals surface area contributed by atoms with Gasteiger partial charge < -0.3 is 0 Å². The van der Waals surface area contributed by atoms with Gasteiger partial charge in [0.15, 0.2) is 0 Å². The minimum atomic E-state index is -0.695. The first kappa shape index (κ1) is 12.7. The summed E-state index contributed by atoms with van der Waals surface area (Å²) in [5, 5.41) is 8.46. The summed E-state index contributed by atoms with van der Waals surface area (Å²) in [5.41, 5.74) is 1.25. The van der Waals surface area contributed by atoms with Crippen molar-refractivity contribution >= 4 is 5.97 Å². The molecule has 1 N–H and O–H groups in total. The minimum Gasteiger partial charge on any atom is -0.295 e. The lowest BCUT2D eigenvalue weighted by atomic mass is 9.78. The molecule has 0 saturated carbocycles. The SMILES string of the molecule is CCCC(C)(C)c1ccccc1C(=O)OO. The highest BCUT2D eigenvalue weighted by molar-refractivity contribution is 5.91. The standard InChI is InChI=1S/C13H18O3/c1-4-9-13(2,3)11-8-6-5-7-10(11)12(14)16-15/h5-8,15H,4,9H2,1-3H3. The fraction of sp³-hybridized carbons (Fsp3) is 0.462. The van der Waals surface area contributed by atoms with Crippen LogP contribution >= 0.6 is 0 Å². The molecule has 1 aromatic carbocycles. The predicted octanol–water partition coefficient (Wildman–Crippen LogP) is 3.39. The average Bonchev–Trinajstić information content (AvgIpc) is 2.28. The maximum absolute atomic E-state index is 11.4. The van der Waals surface area contributed by atoms with Crippen LogP contribution in [0.4, 0.5) is 0 Å². The van der Waals surface area contributed by atoms with E-state index >= 15 is 0 Å². The van der Waals surface area contributed by atoms with E-state index in [1.54, 1.807) is 12.1 Å². The van der Waals surface area contributed by atoms with Crippen LogP contribution in [0.5, 0.6) is 0 Å². The third-order valence-electron chi connectivity index (χ3n) is 2.83. The monoisotopic (exact) mass is 222 g/mol. The van der Waals surface area contributed by atoms with E-state index in [1.807, 2.05) is 12.1 Å². The van der Waals surface area contributed by atoms with Gasteiger partial charge in [-0.2, -0.15) is 5.26 Å². The molecule has 0 aliphatic carbocycles. The summed E-state index contributed by atoms with van der Waals surface area (Å²) in [6.07, 6.45) is 2.01. The molecule has 0 aromatic heterocycles. The first-order valence-electron chi connectivity index (χ1n) is 5.48. The molecule has 16 heavy (non-hydrogen) atoms. The minimum absolute atomic E-state index is 0.0977. The quantitative estimate of drug-likeness (QED) is 0.627. The molecule has 88 valence electrons. The summed E-state index contributed by atoms with van der Waals surface area (Å²) < 4.78 is 0. The molecule has 0 bridgehead atoms. The molecule has 0 aliphatic rings. The Kier molecular flexibility index (Phi) is 4.07. The van der Waals surface area contributed by atoms with E-state index in [0.29, 0.717) is 5.56 Å². The Labute approximate surface area is 96.0 Å². The van der Waals surface area contributed by atoms with Gasteiger partial charge in [-0.15, -0.1) is 0 Å². The van der Waals surface area contributed by atoms with Gasteiger partial charge in [0.25, 0.3) is 0 Å². The molecule has 1 rings (SSSR count). The Morgan fingerprint density at radius 2 is 2.00 bits per heavy atom. The third-order valence-corrected chi connectivity index (χ3v) is 2.83. The summed E-state index contributed by atoms with van der Waals surface area (Å²) in [6.45, 7) is 6.27. The smallest absolute Gasteiger partial charge is 0.295 e. The van der Waals surface area contributed by atoms with Crippen molar-refractivity contribution in [1.29, 1.82) is 0 Å². The number of rotatable bonds is 4. The van der Waals surface area contributed by atoms with Crippen LogP contribution in [0.1, 0.15) is 49.5 Å². The molecule has 3 nitrogen and oxygen atoms in total. The molecule has 0 atom stereocenters. The molecule has 0 saturated heterocycles. The van der Waals surface area contributed by atoms with Crippen LogP contribution in [0, 0.1) is 0 Å². The maximum Gasteiger partial charge on any atom is 0.373 e. The van der Waals surface area contributed by atoms with Crippen molar-refractivity contribution in [2.45, 2.75) is 39.0 Å². The van der Waals surface area contributed by atoms with Crippen molar-refractivity contribution in [3.8, 4) is 0 Å². The lowest BCUT2D eigenvalue weighted by Gasteiger charge is -2.26. The second-order valence-electron chi connectivity index (χ2n) is 4.56. The summed E-state index contributed by atoms with van der Waals surface area (Å²) >= 11 is 0. The Morgan fingerprint density at radius 3 is 2.56 bits per heavy atom. The molecule has 3 heteroatoms. The summed E-state index contributed by atoms with van der Waals surface area (Å²) in [5.74, 6) is -0.695. The van der Waals surface area contributed by atoms with E-state index in [1.165, 1.54) is 0 Å². The normalized spacial score (nSPS) is 11.2. The van der Waals surface area contributed by atoms with Crippen LogP contribution in [-0.2, 0) is 10.3 Å². The van der Waals surface area contributed by atoms with E-state index in [4.69, 9.17) is 5.26 Å². The predicted molar refractivity (Wildman–Crippen MR) is 62.4 cm³/mol. The molecular formula is C13H18O3. The van der Waals surface area contributed by atoms with E-state index < -0.39 is 5.97 Å². The number of carbonyl (C=O) groups is 1. The fourth-order valence-corrected chi connectivity index (χ4v) is 2.06. The highest BCUT2D eigenvalue weighted by Crippen LogP contribution is 2.31. The molecule has 1 aromatic rings. The van der Waals surface area contributed by atoms with Crippen molar-refractivity contribution in [1.82, 2.24) is 0 Å².